The van der Waals surface area contributed by atoms with Crippen LogP contribution >= 0.6 is 0 Å². The largest absolute Gasteiger partial charge is 0.495 e. The van der Waals surface area contributed by atoms with Gasteiger partial charge in [0.1, 0.15) is 10.6 Å². The molecule has 27 heavy (non-hydrogen) atoms. The number of anilines is 1. The van der Waals surface area contributed by atoms with Crippen LogP contribution < -0.4 is 14.8 Å². The van der Waals surface area contributed by atoms with Gasteiger partial charge in [-0.2, -0.15) is 0 Å². The molecule has 8 heteroatoms. The molecule has 1 heterocycles. The molecule has 0 aliphatic heterocycles. The summed E-state index contributed by atoms with van der Waals surface area (Å²) in [7, 11) is -2.49. The zero-order valence-electron chi connectivity index (χ0n) is 15.1. The smallest absolute Gasteiger partial charge is 0.262 e. The number of benzene rings is 1. The Morgan fingerprint density at radius 3 is 2.63 bits per heavy atom. The summed E-state index contributed by atoms with van der Waals surface area (Å²) in [5, 5.41) is 2.97. The molecule has 0 radical (unpaired) electrons. The summed E-state index contributed by atoms with van der Waals surface area (Å²) in [6, 6.07) is 7.81. The van der Waals surface area contributed by atoms with Gasteiger partial charge in [0.15, 0.2) is 0 Å². The van der Waals surface area contributed by atoms with Gasteiger partial charge in [-0.15, -0.1) is 0 Å². The molecule has 0 unspecified atom stereocenters. The van der Waals surface area contributed by atoms with Gasteiger partial charge in [-0.1, -0.05) is 31.4 Å². The Kier molecular flexibility index (Phi) is 5.95. The fourth-order valence-electron chi connectivity index (χ4n) is 3.20. The SMILES string of the molecule is COc1cncc(NS(=O)(=O)c2ccccc2C(=O)NC2CCCCC2)c1. The number of nitrogens with one attached hydrogen (secondary N) is 2. The molecule has 0 saturated heterocycles. The third kappa shape index (κ3) is 4.77. The third-order valence-corrected chi connectivity index (χ3v) is 6.00. The quantitative estimate of drug-likeness (QED) is 0.792. The highest BCUT2D eigenvalue weighted by Crippen LogP contribution is 2.23. The van der Waals surface area contributed by atoms with Crippen molar-refractivity contribution in [2.75, 3.05) is 11.8 Å². The van der Waals surface area contributed by atoms with Crippen LogP contribution in [-0.4, -0.2) is 32.5 Å². The number of hydrogen-bond donors (Lipinski definition) is 2. The third-order valence-electron chi connectivity index (χ3n) is 4.56. The van der Waals surface area contributed by atoms with Gasteiger partial charge >= 0.3 is 0 Å². The van der Waals surface area contributed by atoms with Crippen LogP contribution in [-0.2, 0) is 10.0 Å². The van der Waals surface area contributed by atoms with Gasteiger partial charge in [-0.3, -0.25) is 14.5 Å². The second kappa shape index (κ2) is 8.39. The van der Waals surface area contributed by atoms with Crippen molar-refractivity contribution >= 4 is 21.6 Å². The van der Waals surface area contributed by atoms with Crippen LogP contribution in [0.1, 0.15) is 42.5 Å². The van der Waals surface area contributed by atoms with Crippen LogP contribution in [0.15, 0.2) is 47.6 Å². The Bertz CT molecular complexity index is 909. The molecule has 0 spiro atoms. The fourth-order valence-corrected chi connectivity index (χ4v) is 4.43. The summed E-state index contributed by atoms with van der Waals surface area (Å²) in [4.78, 5) is 16.6. The molecule has 0 bridgehead atoms. The number of hydrogen-bond acceptors (Lipinski definition) is 5. The summed E-state index contributed by atoms with van der Waals surface area (Å²) in [5.41, 5.74) is 0.392. The Balaban J connectivity index is 1.83. The van der Waals surface area contributed by atoms with Crippen molar-refractivity contribution in [3.05, 3.63) is 48.3 Å². The maximum Gasteiger partial charge on any atom is 0.262 e. The average molecular weight is 389 g/mol. The van der Waals surface area contributed by atoms with Crippen molar-refractivity contribution < 1.29 is 17.9 Å². The van der Waals surface area contributed by atoms with Gasteiger partial charge in [-0.05, 0) is 25.0 Å². The topological polar surface area (TPSA) is 97.4 Å². The zero-order chi connectivity index (χ0) is 19.3. The van der Waals surface area contributed by atoms with Crippen molar-refractivity contribution in [3.8, 4) is 5.75 Å². The van der Waals surface area contributed by atoms with Crippen molar-refractivity contribution in [2.45, 2.75) is 43.0 Å². The number of methoxy groups -OCH3 is 1. The molecule has 1 aliphatic carbocycles. The lowest BCUT2D eigenvalue weighted by atomic mass is 9.95. The van der Waals surface area contributed by atoms with E-state index in [0.29, 0.717) is 5.75 Å². The minimum absolute atomic E-state index is 0.0684. The molecule has 0 atom stereocenters. The van der Waals surface area contributed by atoms with Crippen molar-refractivity contribution in [3.63, 3.8) is 0 Å². The summed E-state index contributed by atoms with van der Waals surface area (Å²) >= 11 is 0. The lowest BCUT2D eigenvalue weighted by molar-refractivity contribution is 0.0924. The first kappa shape index (κ1) is 19.2. The Morgan fingerprint density at radius 2 is 1.89 bits per heavy atom. The van der Waals surface area contributed by atoms with Crippen LogP contribution in [0.4, 0.5) is 5.69 Å². The van der Waals surface area contributed by atoms with E-state index >= 15 is 0 Å². The van der Waals surface area contributed by atoms with E-state index in [4.69, 9.17) is 4.74 Å². The molecule has 1 aromatic carbocycles. The van der Waals surface area contributed by atoms with Gasteiger partial charge in [0.05, 0.1) is 30.8 Å². The number of pyridine rings is 1. The maximum absolute atomic E-state index is 12.9. The Labute approximate surface area is 159 Å². The monoisotopic (exact) mass is 389 g/mol. The van der Waals surface area contributed by atoms with E-state index in [0.717, 1.165) is 25.7 Å². The first-order valence-corrected chi connectivity index (χ1v) is 10.4. The van der Waals surface area contributed by atoms with E-state index in [1.54, 1.807) is 12.1 Å². The normalized spacial score (nSPS) is 15.1. The standard InChI is InChI=1S/C19H23N3O4S/c1-26-16-11-15(12-20-13-16)22-27(24,25)18-10-6-5-9-17(18)19(23)21-14-7-3-2-4-8-14/h5-6,9-14,22H,2-4,7-8H2,1H3,(H,21,23). The molecule has 2 N–H and O–H groups in total. The molecule has 3 rings (SSSR count). The number of carbonyl (C=O) groups is 1. The highest BCUT2D eigenvalue weighted by Gasteiger charge is 2.24. The predicted octanol–water partition coefficient (Wildman–Crippen LogP) is 2.95. The van der Waals surface area contributed by atoms with Crippen molar-refractivity contribution in [1.29, 1.82) is 0 Å². The number of aromatic nitrogens is 1. The van der Waals surface area contributed by atoms with Crippen LogP contribution in [0.25, 0.3) is 0 Å². The number of sulfonamides is 1. The van der Waals surface area contributed by atoms with E-state index in [1.807, 2.05) is 0 Å². The molecular weight excluding hydrogens is 366 g/mol. The summed E-state index contributed by atoms with van der Waals surface area (Å²) in [5.74, 6) is 0.0603. The first-order valence-electron chi connectivity index (χ1n) is 8.91. The lowest BCUT2D eigenvalue weighted by Crippen LogP contribution is -2.37. The predicted molar refractivity (Wildman–Crippen MR) is 102 cm³/mol. The Morgan fingerprint density at radius 1 is 1.15 bits per heavy atom. The highest BCUT2D eigenvalue weighted by molar-refractivity contribution is 7.92. The van der Waals surface area contributed by atoms with Gasteiger partial charge in [-0.25, -0.2) is 8.42 Å². The second-order valence-electron chi connectivity index (χ2n) is 6.52. The van der Waals surface area contributed by atoms with Crippen LogP contribution in [0.3, 0.4) is 0 Å². The molecule has 1 aromatic heterocycles. The van der Waals surface area contributed by atoms with Crippen LogP contribution in [0, 0.1) is 0 Å². The van der Waals surface area contributed by atoms with Gasteiger partial charge in [0.2, 0.25) is 0 Å². The summed E-state index contributed by atoms with van der Waals surface area (Å²) < 4.78 is 33.2. The van der Waals surface area contributed by atoms with E-state index in [2.05, 4.69) is 15.0 Å². The number of rotatable bonds is 6. The number of ether oxygens (including phenoxy) is 1. The molecule has 1 fully saturated rings. The van der Waals surface area contributed by atoms with Crippen LogP contribution in [0.5, 0.6) is 5.75 Å². The fraction of sp³-hybridized carbons (Fsp3) is 0.368. The minimum Gasteiger partial charge on any atom is -0.495 e. The Hall–Kier alpha value is -2.61. The molecule has 2 aromatic rings. The highest BCUT2D eigenvalue weighted by atomic mass is 32.2. The molecular formula is C19H23N3O4S. The number of carbonyl (C=O) groups excluding carboxylic acids is 1. The van der Waals surface area contributed by atoms with E-state index in [1.165, 1.54) is 44.1 Å². The van der Waals surface area contributed by atoms with Crippen LogP contribution in [0.2, 0.25) is 0 Å². The van der Waals surface area contributed by atoms with Crippen molar-refractivity contribution in [1.82, 2.24) is 10.3 Å². The number of amides is 1. The van der Waals surface area contributed by atoms with Gasteiger partial charge in [0.25, 0.3) is 15.9 Å². The molecule has 7 nitrogen and oxygen atoms in total. The maximum atomic E-state index is 12.9. The molecule has 144 valence electrons. The second-order valence-corrected chi connectivity index (χ2v) is 8.17. The van der Waals surface area contributed by atoms with Crippen molar-refractivity contribution in [2.24, 2.45) is 0 Å². The number of nitrogens with zero attached hydrogens (tertiary/aromatic N) is 1. The summed E-state index contributed by atoms with van der Waals surface area (Å²) in [6.45, 7) is 0. The van der Waals surface area contributed by atoms with E-state index in [-0.39, 0.29) is 28.1 Å². The average Bonchev–Trinajstić information content (AvgIpc) is 2.68. The lowest BCUT2D eigenvalue weighted by Gasteiger charge is -2.23. The zero-order valence-corrected chi connectivity index (χ0v) is 16.0. The van der Waals surface area contributed by atoms with Gasteiger partial charge in [0, 0.05) is 12.1 Å². The minimum atomic E-state index is -3.96. The molecule has 1 aliphatic rings. The molecule has 1 amide bonds. The van der Waals surface area contributed by atoms with Gasteiger partial charge < -0.3 is 10.1 Å². The first-order chi connectivity index (χ1) is 13.0. The van der Waals surface area contributed by atoms with E-state index < -0.39 is 10.0 Å². The summed E-state index contributed by atoms with van der Waals surface area (Å²) in [6.07, 6.45) is 8.04. The molecule has 1 saturated carbocycles. The van der Waals surface area contributed by atoms with E-state index in [9.17, 15) is 13.2 Å².